The summed E-state index contributed by atoms with van der Waals surface area (Å²) >= 11 is 0. The van der Waals surface area contributed by atoms with E-state index in [1.807, 2.05) is 61.2 Å². The second-order valence-electron chi connectivity index (χ2n) is 7.27. The van der Waals surface area contributed by atoms with Gasteiger partial charge in [0.05, 0.1) is 0 Å². The number of nitrogens with zero attached hydrogens (tertiary/aromatic N) is 4. The molecule has 0 fully saturated rings. The van der Waals surface area contributed by atoms with Gasteiger partial charge in [0.15, 0.2) is 0 Å². The van der Waals surface area contributed by atoms with Gasteiger partial charge >= 0.3 is 6.03 Å². The van der Waals surface area contributed by atoms with Crippen molar-refractivity contribution in [2.24, 2.45) is 4.99 Å². The van der Waals surface area contributed by atoms with Crippen molar-refractivity contribution in [3.8, 4) is 0 Å². The number of fused-ring (bicyclic) bond motifs is 1. The van der Waals surface area contributed by atoms with Gasteiger partial charge in [-0.2, -0.15) is 4.99 Å². The van der Waals surface area contributed by atoms with E-state index in [1.165, 1.54) is 11.1 Å². The number of aryl methyl sites for hydroxylation is 2. The van der Waals surface area contributed by atoms with Crippen LogP contribution < -0.4 is 10.6 Å². The van der Waals surface area contributed by atoms with Gasteiger partial charge in [-0.15, -0.1) is 0 Å². The van der Waals surface area contributed by atoms with Crippen molar-refractivity contribution in [3.63, 3.8) is 0 Å². The Bertz CT molecular complexity index is 1060. The Morgan fingerprint density at radius 3 is 2.37 bits per heavy atom. The van der Waals surface area contributed by atoms with Crippen molar-refractivity contribution in [2.45, 2.75) is 26.8 Å². The standard InChI is InChI=1S/C23H24N6O/c1-16-14-17(2)25-21(24-16)27-22(28-23(30)26-20-10-4-3-5-11-20)29-13-12-18-8-6-7-9-19(18)15-29/h3-11,14H,12-13,15H2,1-2H3,(H2,24,25,26,27,28,30). The van der Waals surface area contributed by atoms with Gasteiger partial charge in [-0.25, -0.2) is 14.8 Å². The van der Waals surface area contributed by atoms with Crippen LogP contribution in [0.4, 0.5) is 16.4 Å². The fourth-order valence-corrected chi connectivity index (χ4v) is 3.49. The van der Waals surface area contributed by atoms with E-state index in [0.717, 1.165) is 24.4 Å². The molecule has 0 aliphatic carbocycles. The average molecular weight is 400 g/mol. The van der Waals surface area contributed by atoms with Gasteiger partial charge in [0.25, 0.3) is 5.95 Å². The molecule has 0 spiro atoms. The molecule has 0 radical (unpaired) electrons. The maximum absolute atomic E-state index is 12.7. The van der Waals surface area contributed by atoms with E-state index < -0.39 is 0 Å². The number of hydrogen-bond donors (Lipinski definition) is 2. The lowest BCUT2D eigenvalue weighted by Crippen LogP contribution is -2.47. The molecule has 1 aliphatic heterocycles. The van der Waals surface area contributed by atoms with E-state index in [0.29, 0.717) is 24.1 Å². The summed E-state index contributed by atoms with van der Waals surface area (Å²) in [6.45, 7) is 5.21. The lowest BCUT2D eigenvalue weighted by atomic mass is 10.0. The molecular formula is C23H24N6O. The number of amides is 2. The SMILES string of the molecule is Cc1cc(C)nc(/N=C(\NC(=O)Nc2ccccc2)N2CCc3ccccc3C2)n1. The minimum Gasteiger partial charge on any atom is -0.338 e. The molecule has 7 nitrogen and oxygen atoms in total. The number of urea groups is 1. The van der Waals surface area contributed by atoms with Crippen molar-refractivity contribution in [1.82, 2.24) is 20.2 Å². The third-order valence-corrected chi connectivity index (χ3v) is 4.86. The molecule has 1 aromatic heterocycles. The van der Waals surface area contributed by atoms with Crippen LogP contribution in [0.3, 0.4) is 0 Å². The van der Waals surface area contributed by atoms with Crippen LogP contribution in [0, 0.1) is 13.8 Å². The molecule has 1 aliphatic rings. The predicted octanol–water partition coefficient (Wildman–Crippen LogP) is 3.96. The van der Waals surface area contributed by atoms with Gasteiger partial charge in [0, 0.05) is 30.2 Å². The smallest absolute Gasteiger partial charge is 0.326 e. The lowest BCUT2D eigenvalue weighted by molar-refractivity contribution is 0.254. The van der Waals surface area contributed by atoms with Crippen LogP contribution in [0.15, 0.2) is 65.7 Å². The van der Waals surface area contributed by atoms with E-state index >= 15 is 0 Å². The van der Waals surface area contributed by atoms with Crippen molar-refractivity contribution < 1.29 is 4.79 Å². The average Bonchev–Trinajstić information content (AvgIpc) is 2.73. The first-order valence-electron chi connectivity index (χ1n) is 9.92. The van der Waals surface area contributed by atoms with Crippen LogP contribution in [0.5, 0.6) is 0 Å². The lowest BCUT2D eigenvalue weighted by Gasteiger charge is -2.31. The van der Waals surface area contributed by atoms with Crippen molar-refractivity contribution in [2.75, 3.05) is 11.9 Å². The number of hydrogen-bond acceptors (Lipinski definition) is 4. The molecule has 2 N–H and O–H groups in total. The van der Waals surface area contributed by atoms with Crippen molar-refractivity contribution >= 4 is 23.6 Å². The highest BCUT2D eigenvalue weighted by atomic mass is 16.2. The number of para-hydroxylation sites is 1. The Balaban J connectivity index is 1.61. The Hall–Kier alpha value is -3.74. The van der Waals surface area contributed by atoms with Crippen LogP contribution >= 0.6 is 0 Å². The number of benzene rings is 2. The summed E-state index contributed by atoms with van der Waals surface area (Å²) in [4.78, 5) is 28.1. The van der Waals surface area contributed by atoms with E-state index in [-0.39, 0.29) is 6.03 Å². The molecule has 0 bridgehead atoms. The number of carbonyl (C=O) groups is 1. The zero-order chi connectivity index (χ0) is 20.9. The van der Waals surface area contributed by atoms with Gasteiger partial charge < -0.3 is 10.2 Å². The molecule has 152 valence electrons. The Labute approximate surface area is 175 Å². The minimum absolute atomic E-state index is 0.335. The number of rotatable bonds is 2. The van der Waals surface area contributed by atoms with E-state index in [4.69, 9.17) is 0 Å². The summed E-state index contributed by atoms with van der Waals surface area (Å²) in [6, 6.07) is 19.2. The van der Waals surface area contributed by atoms with E-state index in [2.05, 4.69) is 43.8 Å². The highest BCUT2D eigenvalue weighted by Gasteiger charge is 2.21. The van der Waals surface area contributed by atoms with Gasteiger partial charge in [0.2, 0.25) is 5.96 Å². The second-order valence-corrected chi connectivity index (χ2v) is 7.27. The molecule has 0 saturated heterocycles. The summed E-state index contributed by atoms with van der Waals surface area (Å²) in [5.41, 5.74) is 4.92. The molecule has 2 heterocycles. The van der Waals surface area contributed by atoms with Crippen LogP contribution in [-0.4, -0.2) is 33.4 Å². The Morgan fingerprint density at radius 1 is 0.967 bits per heavy atom. The molecule has 7 heteroatoms. The maximum Gasteiger partial charge on any atom is 0.326 e. The van der Waals surface area contributed by atoms with Crippen LogP contribution in [0.25, 0.3) is 0 Å². The third-order valence-electron chi connectivity index (χ3n) is 4.86. The van der Waals surface area contributed by atoms with Crippen molar-refractivity contribution in [1.29, 1.82) is 0 Å². The molecule has 30 heavy (non-hydrogen) atoms. The fraction of sp³-hybridized carbons (Fsp3) is 0.217. The molecule has 0 saturated carbocycles. The quantitative estimate of drug-likeness (QED) is 0.504. The number of anilines is 1. The topological polar surface area (TPSA) is 82.5 Å². The maximum atomic E-state index is 12.7. The van der Waals surface area contributed by atoms with Crippen molar-refractivity contribution in [3.05, 3.63) is 83.2 Å². The second kappa shape index (κ2) is 8.73. The fourth-order valence-electron chi connectivity index (χ4n) is 3.49. The van der Waals surface area contributed by atoms with E-state index in [1.54, 1.807) is 0 Å². The number of aliphatic imine (C=N–C) groups is 1. The zero-order valence-corrected chi connectivity index (χ0v) is 17.1. The number of nitrogens with one attached hydrogen (secondary N) is 2. The van der Waals surface area contributed by atoms with Crippen LogP contribution in [0.1, 0.15) is 22.5 Å². The number of carbonyl (C=O) groups excluding carboxylic acids is 1. The molecule has 0 unspecified atom stereocenters. The first kappa shape index (κ1) is 19.6. The Kier molecular flexibility index (Phi) is 5.70. The molecular weight excluding hydrogens is 376 g/mol. The number of guanidine groups is 1. The molecule has 0 atom stereocenters. The molecule has 2 amide bonds. The highest BCUT2D eigenvalue weighted by molar-refractivity contribution is 6.03. The minimum atomic E-state index is -0.358. The third kappa shape index (κ3) is 4.81. The summed E-state index contributed by atoms with van der Waals surface area (Å²) in [5.74, 6) is 0.768. The molecule has 4 rings (SSSR count). The first-order chi connectivity index (χ1) is 14.6. The number of aromatic nitrogens is 2. The summed E-state index contributed by atoms with van der Waals surface area (Å²) in [5, 5.41) is 5.74. The Morgan fingerprint density at radius 2 is 1.63 bits per heavy atom. The normalized spacial score (nSPS) is 13.5. The van der Waals surface area contributed by atoms with Gasteiger partial charge in [-0.1, -0.05) is 42.5 Å². The summed E-state index contributed by atoms with van der Waals surface area (Å²) in [6.07, 6.45) is 0.880. The van der Waals surface area contributed by atoms with E-state index in [9.17, 15) is 4.79 Å². The predicted molar refractivity (Wildman–Crippen MR) is 118 cm³/mol. The van der Waals surface area contributed by atoms with Crippen LogP contribution in [0.2, 0.25) is 0 Å². The largest absolute Gasteiger partial charge is 0.338 e. The molecule has 2 aromatic carbocycles. The zero-order valence-electron chi connectivity index (χ0n) is 17.1. The summed E-state index contributed by atoms with van der Waals surface area (Å²) < 4.78 is 0. The molecule has 3 aromatic rings. The van der Waals surface area contributed by atoms with Gasteiger partial charge in [-0.3, -0.25) is 5.32 Å². The first-order valence-corrected chi connectivity index (χ1v) is 9.92. The highest BCUT2D eigenvalue weighted by Crippen LogP contribution is 2.19. The summed E-state index contributed by atoms with van der Waals surface area (Å²) in [7, 11) is 0. The van der Waals surface area contributed by atoms with Gasteiger partial charge in [-0.05, 0) is 49.6 Å². The van der Waals surface area contributed by atoms with Crippen LogP contribution in [-0.2, 0) is 13.0 Å². The van der Waals surface area contributed by atoms with Gasteiger partial charge in [0.1, 0.15) is 0 Å². The monoisotopic (exact) mass is 400 g/mol.